The minimum Gasteiger partial charge on any atom is -0.480 e. The van der Waals surface area contributed by atoms with Gasteiger partial charge in [0, 0.05) is 0 Å². The topological polar surface area (TPSA) is 92.4 Å². The van der Waals surface area contributed by atoms with Crippen LogP contribution in [0.2, 0.25) is 0 Å². The molecule has 0 saturated carbocycles. The van der Waals surface area contributed by atoms with Crippen molar-refractivity contribution < 1.29 is 19.6 Å². The molecule has 6 heteroatoms. The average molecular weight is 258 g/mol. The van der Waals surface area contributed by atoms with Crippen molar-refractivity contribution >= 4 is 5.97 Å². The van der Waals surface area contributed by atoms with Gasteiger partial charge in [0.1, 0.15) is 18.4 Å². The fraction of sp³-hybridized carbons (Fsp3) is 0.667. The number of carbonyl (C=O) groups is 1. The lowest BCUT2D eigenvalue weighted by atomic mass is 10.2. The zero-order valence-corrected chi connectivity index (χ0v) is 11.3. The van der Waals surface area contributed by atoms with Crippen molar-refractivity contribution in [1.82, 2.24) is 4.57 Å². The highest BCUT2D eigenvalue weighted by Crippen LogP contribution is 1.86. The number of carboxylic acid groups (broad SMARTS) is 1. The fourth-order valence-corrected chi connectivity index (χ4v) is 1.18. The van der Waals surface area contributed by atoms with Gasteiger partial charge >= 0.3 is 5.97 Å². The number of aryl methyl sites for hydroxylation is 2. The van der Waals surface area contributed by atoms with Crippen LogP contribution in [0.3, 0.4) is 0 Å². The van der Waals surface area contributed by atoms with Crippen molar-refractivity contribution in [2.45, 2.75) is 45.4 Å². The molecule has 104 valence electrons. The van der Waals surface area contributed by atoms with Crippen molar-refractivity contribution in [3.8, 4) is 0 Å². The van der Waals surface area contributed by atoms with E-state index in [2.05, 4.69) is 34.8 Å². The zero-order chi connectivity index (χ0) is 14.1. The molecule has 0 aliphatic heterocycles. The highest BCUT2D eigenvalue weighted by Gasteiger charge is 2.16. The molecule has 0 aliphatic rings. The zero-order valence-electron chi connectivity index (χ0n) is 11.3. The average Bonchev–Trinajstić information content (AvgIpc) is 2.72. The van der Waals surface area contributed by atoms with Crippen LogP contribution in [0, 0.1) is 0 Å². The smallest absolute Gasteiger partial charge is 0.323 e. The lowest BCUT2D eigenvalue weighted by Gasteiger charge is -2.06. The summed E-state index contributed by atoms with van der Waals surface area (Å²) in [6.07, 6.45) is 7.84. The number of hydrogen-bond donors (Lipinski definition) is 3. The van der Waals surface area contributed by atoms with Crippen molar-refractivity contribution in [2.75, 3.05) is 0 Å². The molecule has 1 rings (SSSR count). The van der Waals surface area contributed by atoms with Crippen LogP contribution < -0.4 is 10.3 Å². The molecular formula is C12H24N3O3+. The summed E-state index contributed by atoms with van der Waals surface area (Å²) in [6, 6.07) is -1.16. The first-order valence-electron chi connectivity index (χ1n) is 6.06. The van der Waals surface area contributed by atoms with Gasteiger partial charge in [-0.25, -0.2) is 9.13 Å². The Morgan fingerprint density at radius 3 is 2.44 bits per heavy atom. The van der Waals surface area contributed by atoms with Crippen LogP contribution in [0.25, 0.3) is 0 Å². The minimum atomic E-state index is -1.18. The maximum atomic E-state index is 9.86. The summed E-state index contributed by atoms with van der Waals surface area (Å²) in [5.74, 6) is -1.18. The SMILES string of the molecule is CC(O)C(N)C(=O)O.CCCC[n+]1ccn(C)c1. The molecule has 1 aromatic rings. The third-order valence-corrected chi connectivity index (χ3v) is 2.40. The third kappa shape index (κ3) is 7.03. The number of unbranched alkanes of at least 4 members (excludes halogenated alkanes) is 1. The van der Waals surface area contributed by atoms with E-state index >= 15 is 0 Å². The lowest BCUT2D eigenvalue weighted by Crippen LogP contribution is -2.39. The first-order valence-corrected chi connectivity index (χ1v) is 6.06. The Kier molecular flexibility index (Phi) is 7.98. The number of aliphatic carboxylic acids is 1. The van der Waals surface area contributed by atoms with Gasteiger partial charge in [0.25, 0.3) is 0 Å². The standard InChI is InChI=1S/C8H15N2.C4H9NO3/c1-3-4-5-10-7-6-9(2)8-10;1-2(6)3(5)4(7)8/h6-8H,3-5H2,1-2H3;2-3,6H,5H2,1H3,(H,7,8)/q+1;. The van der Waals surface area contributed by atoms with Gasteiger partial charge in [0.05, 0.1) is 19.7 Å². The molecule has 4 N–H and O–H groups in total. The molecule has 6 nitrogen and oxygen atoms in total. The van der Waals surface area contributed by atoms with Crippen LogP contribution in [0.5, 0.6) is 0 Å². The third-order valence-electron chi connectivity index (χ3n) is 2.40. The molecule has 0 aromatic carbocycles. The van der Waals surface area contributed by atoms with E-state index in [1.165, 1.54) is 19.8 Å². The Hall–Kier alpha value is -1.40. The Labute approximate surface area is 108 Å². The van der Waals surface area contributed by atoms with Gasteiger partial charge in [-0.2, -0.15) is 0 Å². The highest BCUT2D eigenvalue weighted by molar-refractivity contribution is 5.73. The molecule has 0 aliphatic carbocycles. The predicted molar refractivity (Wildman–Crippen MR) is 67.8 cm³/mol. The number of aliphatic hydroxyl groups excluding tert-OH is 1. The second kappa shape index (κ2) is 8.66. The molecular weight excluding hydrogens is 234 g/mol. The number of hydrogen-bond acceptors (Lipinski definition) is 3. The molecule has 2 unspecified atom stereocenters. The molecule has 0 amide bonds. The van der Waals surface area contributed by atoms with E-state index in [-0.39, 0.29) is 0 Å². The van der Waals surface area contributed by atoms with Gasteiger partial charge in [-0.1, -0.05) is 13.3 Å². The highest BCUT2D eigenvalue weighted by atomic mass is 16.4. The Morgan fingerprint density at radius 1 is 1.56 bits per heavy atom. The molecule has 2 atom stereocenters. The second-order valence-corrected chi connectivity index (χ2v) is 4.28. The predicted octanol–water partition coefficient (Wildman–Crippen LogP) is -0.108. The number of aromatic nitrogens is 2. The Balaban J connectivity index is 0.000000331. The van der Waals surface area contributed by atoms with Crippen LogP contribution in [0.15, 0.2) is 18.7 Å². The van der Waals surface area contributed by atoms with Crippen molar-refractivity contribution in [3.63, 3.8) is 0 Å². The Bertz CT molecular complexity index is 350. The van der Waals surface area contributed by atoms with Gasteiger partial charge in [-0.3, -0.25) is 4.79 Å². The van der Waals surface area contributed by atoms with Crippen molar-refractivity contribution in [2.24, 2.45) is 12.8 Å². The number of nitrogens with zero attached hydrogens (tertiary/aromatic N) is 2. The van der Waals surface area contributed by atoms with Gasteiger partial charge < -0.3 is 15.9 Å². The number of imidazole rings is 1. The van der Waals surface area contributed by atoms with Crippen molar-refractivity contribution in [1.29, 1.82) is 0 Å². The van der Waals surface area contributed by atoms with E-state index in [1.54, 1.807) is 0 Å². The first-order chi connectivity index (χ1) is 8.38. The molecule has 0 radical (unpaired) electrons. The summed E-state index contributed by atoms with van der Waals surface area (Å²) in [5, 5.41) is 16.6. The van der Waals surface area contributed by atoms with E-state index < -0.39 is 18.1 Å². The number of carboxylic acids is 1. The fourth-order valence-electron chi connectivity index (χ4n) is 1.18. The van der Waals surface area contributed by atoms with Crippen LogP contribution in [-0.2, 0) is 18.4 Å². The largest absolute Gasteiger partial charge is 0.480 e. The van der Waals surface area contributed by atoms with Crippen LogP contribution in [-0.4, -0.2) is 32.9 Å². The molecule has 0 saturated heterocycles. The van der Waals surface area contributed by atoms with E-state index in [0.29, 0.717) is 0 Å². The summed E-state index contributed by atoms with van der Waals surface area (Å²) in [5.41, 5.74) is 4.91. The molecule has 1 heterocycles. The van der Waals surface area contributed by atoms with E-state index in [0.717, 1.165) is 6.54 Å². The van der Waals surface area contributed by atoms with E-state index in [4.69, 9.17) is 15.9 Å². The van der Waals surface area contributed by atoms with Gasteiger partial charge in [-0.15, -0.1) is 0 Å². The number of nitrogens with two attached hydrogens (primary N) is 1. The maximum absolute atomic E-state index is 9.86. The minimum absolute atomic E-state index is 0.979. The monoisotopic (exact) mass is 258 g/mol. The molecule has 18 heavy (non-hydrogen) atoms. The van der Waals surface area contributed by atoms with Crippen LogP contribution in [0.4, 0.5) is 0 Å². The molecule has 0 fully saturated rings. The summed E-state index contributed by atoms with van der Waals surface area (Å²) in [7, 11) is 2.04. The van der Waals surface area contributed by atoms with Crippen LogP contribution >= 0.6 is 0 Å². The van der Waals surface area contributed by atoms with Gasteiger partial charge in [0.2, 0.25) is 6.33 Å². The molecule has 1 aromatic heterocycles. The van der Waals surface area contributed by atoms with Crippen molar-refractivity contribution in [3.05, 3.63) is 18.7 Å². The lowest BCUT2D eigenvalue weighted by molar-refractivity contribution is -0.696. The number of rotatable bonds is 5. The van der Waals surface area contributed by atoms with Crippen LogP contribution in [0.1, 0.15) is 26.7 Å². The summed E-state index contributed by atoms with van der Waals surface area (Å²) >= 11 is 0. The number of aliphatic hydroxyl groups is 1. The van der Waals surface area contributed by atoms with Gasteiger partial charge in [-0.05, 0) is 13.3 Å². The normalized spacial score (nSPS) is 13.4. The molecule has 0 bridgehead atoms. The summed E-state index contributed by atoms with van der Waals surface area (Å²) in [6.45, 7) is 4.69. The molecule has 0 spiro atoms. The quantitative estimate of drug-likeness (QED) is 0.643. The van der Waals surface area contributed by atoms with E-state index in [1.807, 2.05) is 7.05 Å². The van der Waals surface area contributed by atoms with Gasteiger partial charge in [0.15, 0.2) is 0 Å². The van der Waals surface area contributed by atoms with E-state index in [9.17, 15) is 4.79 Å². The second-order valence-electron chi connectivity index (χ2n) is 4.28. The summed E-state index contributed by atoms with van der Waals surface area (Å²) in [4.78, 5) is 9.86. The Morgan fingerprint density at radius 2 is 2.17 bits per heavy atom. The summed E-state index contributed by atoms with van der Waals surface area (Å²) < 4.78 is 4.28. The maximum Gasteiger partial charge on any atom is 0.323 e. The first kappa shape index (κ1) is 16.6.